The molecule has 0 atom stereocenters. The molecule has 0 aromatic heterocycles. The van der Waals surface area contributed by atoms with Gasteiger partial charge in [-0.25, -0.2) is 4.79 Å². The van der Waals surface area contributed by atoms with Crippen LogP contribution < -0.4 is 0 Å². The fourth-order valence-electron chi connectivity index (χ4n) is 0.356. The van der Waals surface area contributed by atoms with Gasteiger partial charge in [-0.15, -0.1) is 0 Å². The summed E-state index contributed by atoms with van der Waals surface area (Å²) >= 11 is 0. The molecule has 0 unspecified atom stereocenters. The summed E-state index contributed by atoms with van der Waals surface area (Å²) < 4.78 is 0. The van der Waals surface area contributed by atoms with E-state index < -0.39 is 6.09 Å². The zero-order chi connectivity index (χ0) is 7.28. The molecule has 0 aliphatic carbocycles. The Morgan fingerprint density at radius 2 is 2.33 bits per heavy atom. The lowest BCUT2D eigenvalue weighted by Gasteiger charge is -2.12. The number of hydroxylamine groups is 2. The van der Waals surface area contributed by atoms with E-state index in [1.54, 1.807) is 0 Å². The average molecular weight is 135 g/mol. The molecule has 0 spiro atoms. The van der Waals surface area contributed by atoms with Gasteiger partial charge in [0.1, 0.15) is 0 Å². The number of aliphatic hydroxyl groups is 1. The number of carboxylic acid groups (broad SMARTS) is 1. The number of nitrogens with zero attached hydrogens (tertiary/aromatic N) is 1. The van der Waals surface area contributed by atoms with Gasteiger partial charge in [0.15, 0.2) is 0 Å². The first-order valence-corrected chi connectivity index (χ1v) is 2.37. The van der Waals surface area contributed by atoms with Crippen molar-refractivity contribution in [3.63, 3.8) is 0 Å². The summed E-state index contributed by atoms with van der Waals surface area (Å²) in [6, 6.07) is 0. The van der Waals surface area contributed by atoms with Crippen molar-refractivity contribution in [2.75, 3.05) is 20.3 Å². The first-order valence-electron chi connectivity index (χ1n) is 2.37. The van der Waals surface area contributed by atoms with Crippen LogP contribution in [0.4, 0.5) is 4.79 Å². The maximum atomic E-state index is 10.0. The second kappa shape index (κ2) is 4.11. The molecular weight excluding hydrogens is 126 g/mol. The zero-order valence-corrected chi connectivity index (χ0v) is 5.07. The number of hydrogen-bond acceptors (Lipinski definition) is 3. The Kier molecular flexibility index (Phi) is 3.74. The summed E-state index contributed by atoms with van der Waals surface area (Å²) in [6.07, 6.45) is -1.20. The van der Waals surface area contributed by atoms with E-state index in [-0.39, 0.29) is 13.2 Å². The van der Waals surface area contributed by atoms with Crippen LogP contribution in [0.2, 0.25) is 0 Å². The minimum atomic E-state index is -1.20. The van der Waals surface area contributed by atoms with Gasteiger partial charge >= 0.3 is 6.09 Å². The average Bonchev–Trinajstić information content (AvgIpc) is 1.82. The topological polar surface area (TPSA) is 70.0 Å². The minimum Gasteiger partial charge on any atom is -0.463 e. The van der Waals surface area contributed by atoms with Gasteiger partial charge in [-0.05, 0) is 0 Å². The molecule has 0 saturated heterocycles. The van der Waals surface area contributed by atoms with Crippen molar-refractivity contribution >= 4 is 6.09 Å². The van der Waals surface area contributed by atoms with Gasteiger partial charge in [0.2, 0.25) is 0 Å². The Hall–Kier alpha value is -0.810. The number of carbonyl (C=O) groups is 1. The van der Waals surface area contributed by atoms with Crippen molar-refractivity contribution < 1.29 is 19.8 Å². The quantitative estimate of drug-likeness (QED) is 0.513. The number of hydrogen-bond donors (Lipinski definition) is 2. The van der Waals surface area contributed by atoms with Crippen LogP contribution >= 0.6 is 0 Å². The summed E-state index contributed by atoms with van der Waals surface area (Å²) in [5.41, 5.74) is 0. The highest BCUT2D eigenvalue weighted by atomic mass is 16.7. The summed E-state index contributed by atoms with van der Waals surface area (Å²) in [5, 5.41) is 17.1. The SMILES string of the molecule is CON(CCO)C(=O)O. The molecular formula is C4H9NO4. The summed E-state index contributed by atoms with van der Waals surface area (Å²) in [5.74, 6) is 0. The maximum Gasteiger partial charge on any atom is 0.431 e. The van der Waals surface area contributed by atoms with E-state index in [0.717, 1.165) is 0 Å². The van der Waals surface area contributed by atoms with Crippen LogP contribution in [-0.4, -0.2) is 41.6 Å². The molecule has 2 N–H and O–H groups in total. The molecule has 0 bridgehead atoms. The third kappa shape index (κ3) is 2.89. The van der Waals surface area contributed by atoms with Gasteiger partial charge in [-0.1, -0.05) is 0 Å². The lowest BCUT2D eigenvalue weighted by Crippen LogP contribution is -2.30. The van der Waals surface area contributed by atoms with Crippen LogP contribution in [0.5, 0.6) is 0 Å². The molecule has 5 nitrogen and oxygen atoms in total. The molecule has 0 aromatic carbocycles. The molecule has 0 aliphatic rings. The van der Waals surface area contributed by atoms with Crippen molar-refractivity contribution in [1.82, 2.24) is 5.06 Å². The van der Waals surface area contributed by atoms with Crippen LogP contribution in [-0.2, 0) is 4.84 Å². The van der Waals surface area contributed by atoms with E-state index in [1.165, 1.54) is 7.11 Å². The molecule has 1 amide bonds. The van der Waals surface area contributed by atoms with Gasteiger partial charge in [0.25, 0.3) is 0 Å². The minimum absolute atomic E-state index is 0.0220. The molecule has 54 valence electrons. The van der Waals surface area contributed by atoms with Crippen LogP contribution in [0.15, 0.2) is 0 Å². The van der Waals surface area contributed by atoms with Crippen molar-refractivity contribution in [3.05, 3.63) is 0 Å². The molecule has 9 heavy (non-hydrogen) atoms. The van der Waals surface area contributed by atoms with E-state index in [0.29, 0.717) is 5.06 Å². The van der Waals surface area contributed by atoms with Crippen LogP contribution in [0.1, 0.15) is 0 Å². The summed E-state index contributed by atoms with van der Waals surface area (Å²) in [7, 11) is 1.23. The first kappa shape index (κ1) is 8.19. The van der Waals surface area contributed by atoms with E-state index in [2.05, 4.69) is 4.84 Å². The number of amides is 1. The molecule has 0 fully saturated rings. The fraction of sp³-hybridized carbons (Fsp3) is 0.750. The van der Waals surface area contributed by atoms with Gasteiger partial charge < -0.3 is 10.2 Å². The Morgan fingerprint density at radius 3 is 2.44 bits per heavy atom. The molecule has 0 rings (SSSR count). The third-order valence-electron chi connectivity index (χ3n) is 0.737. The lowest BCUT2D eigenvalue weighted by atomic mass is 10.7. The molecule has 5 heteroatoms. The normalized spacial score (nSPS) is 9.11. The fourth-order valence-corrected chi connectivity index (χ4v) is 0.356. The summed E-state index contributed by atoms with van der Waals surface area (Å²) in [4.78, 5) is 14.3. The highest BCUT2D eigenvalue weighted by Gasteiger charge is 2.07. The van der Waals surface area contributed by atoms with Gasteiger partial charge in [0, 0.05) is 0 Å². The molecule has 0 heterocycles. The number of rotatable bonds is 3. The van der Waals surface area contributed by atoms with E-state index in [1.807, 2.05) is 0 Å². The Morgan fingerprint density at radius 1 is 1.78 bits per heavy atom. The van der Waals surface area contributed by atoms with Crippen LogP contribution in [0, 0.1) is 0 Å². The predicted octanol–water partition coefficient (Wildman–Crippen LogP) is -0.480. The Labute approximate surface area is 52.4 Å². The molecule has 0 aliphatic heterocycles. The van der Waals surface area contributed by atoms with E-state index >= 15 is 0 Å². The molecule has 0 saturated carbocycles. The van der Waals surface area contributed by atoms with Crippen molar-refractivity contribution in [3.8, 4) is 0 Å². The summed E-state index contributed by atoms with van der Waals surface area (Å²) in [6.45, 7) is -0.258. The zero-order valence-electron chi connectivity index (χ0n) is 5.07. The van der Waals surface area contributed by atoms with Crippen LogP contribution in [0.3, 0.4) is 0 Å². The lowest BCUT2D eigenvalue weighted by molar-refractivity contribution is -0.108. The first-order chi connectivity index (χ1) is 4.22. The molecule has 0 radical (unpaired) electrons. The number of aliphatic hydroxyl groups excluding tert-OH is 1. The van der Waals surface area contributed by atoms with Crippen molar-refractivity contribution in [2.24, 2.45) is 0 Å². The Bertz CT molecular complexity index is 94.6. The highest BCUT2D eigenvalue weighted by Crippen LogP contribution is 1.86. The largest absolute Gasteiger partial charge is 0.463 e. The second-order valence-electron chi connectivity index (χ2n) is 1.29. The smallest absolute Gasteiger partial charge is 0.431 e. The standard InChI is InChI=1S/C4H9NO4/c1-9-5(2-3-6)4(7)8/h6H,2-3H2,1H3,(H,7,8). The van der Waals surface area contributed by atoms with Crippen molar-refractivity contribution in [1.29, 1.82) is 0 Å². The van der Waals surface area contributed by atoms with Crippen molar-refractivity contribution in [2.45, 2.75) is 0 Å². The Balaban J connectivity index is 3.54. The van der Waals surface area contributed by atoms with E-state index in [4.69, 9.17) is 10.2 Å². The maximum absolute atomic E-state index is 10.0. The highest BCUT2D eigenvalue weighted by molar-refractivity contribution is 5.63. The van der Waals surface area contributed by atoms with E-state index in [9.17, 15) is 4.79 Å². The van der Waals surface area contributed by atoms with Gasteiger partial charge in [-0.2, -0.15) is 5.06 Å². The predicted molar refractivity (Wildman–Crippen MR) is 28.8 cm³/mol. The third-order valence-corrected chi connectivity index (χ3v) is 0.737. The second-order valence-corrected chi connectivity index (χ2v) is 1.29. The van der Waals surface area contributed by atoms with Gasteiger partial charge in [0.05, 0.1) is 20.3 Å². The van der Waals surface area contributed by atoms with Gasteiger partial charge in [-0.3, -0.25) is 4.84 Å². The molecule has 0 aromatic rings. The van der Waals surface area contributed by atoms with Crippen LogP contribution in [0.25, 0.3) is 0 Å². The monoisotopic (exact) mass is 135 g/mol.